The van der Waals surface area contributed by atoms with E-state index in [2.05, 4.69) is 0 Å². The van der Waals surface area contributed by atoms with Crippen LogP contribution in [0.3, 0.4) is 0 Å². The van der Waals surface area contributed by atoms with Crippen LogP contribution in [-0.2, 0) is 0 Å². The molecular weight excluding hydrogens is 166 g/mol. The van der Waals surface area contributed by atoms with Crippen LogP contribution < -0.4 is 15.2 Å². The minimum absolute atomic E-state index is 0.0137. The van der Waals surface area contributed by atoms with Crippen LogP contribution in [0.2, 0.25) is 0 Å². The molecule has 0 aliphatic heterocycles. The zero-order valence-corrected chi connectivity index (χ0v) is 8.20. The van der Waals surface area contributed by atoms with E-state index in [9.17, 15) is 0 Å². The lowest BCUT2D eigenvalue weighted by atomic mass is 10.1. The van der Waals surface area contributed by atoms with E-state index in [1.54, 1.807) is 14.2 Å². The van der Waals surface area contributed by atoms with Gasteiger partial charge in [-0.3, -0.25) is 0 Å². The van der Waals surface area contributed by atoms with Gasteiger partial charge in [0.05, 0.1) is 14.2 Å². The van der Waals surface area contributed by atoms with Gasteiger partial charge in [0.2, 0.25) is 0 Å². The van der Waals surface area contributed by atoms with Crippen molar-refractivity contribution in [2.75, 3.05) is 14.2 Å². The molecule has 1 atom stereocenters. The van der Waals surface area contributed by atoms with Gasteiger partial charge in [0, 0.05) is 6.04 Å². The Labute approximate surface area is 78.5 Å². The maximum atomic E-state index is 5.73. The SMILES string of the molecule is COc1ccc([C@@H](C)N)cc1OC. The van der Waals surface area contributed by atoms with Crippen molar-refractivity contribution >= 4 is 0 Å². The molecule has 0 aliphatic carbocycles. The molecule has 1 aromatic rings. The lowest BCUT2D eigenvalue weighted by Gasteiger charge is -2.11. The van der Waals surface area contributed by atoms with Gasteiger partial charge in [-0.05, 0) is 24.6 Å². The standard InChI is InChI=1S/C10H15NO2/c1-7(11)8-4-5-9(12-2)10(6-8)13-3/h4-7H,11H2,1-3H3/t7-/m1/s1. The Bertz CT molecular complexity index is 284. The highest BCUT2D eigenvalue weighted by Gasteiger charge is 2.06. The van der Waals surface area contributed by atoms with Crippen LogP contribution in [-0.4, -0.2) is 14.2 Å². The van der Waals surface area contributed by atoms with E-state index in [1.807, 2.05) is 25.1 Å². The summed E-state index contributed by atoms with van der Waals surface area (Å²) in [6, 6.07) is 5.70. The van der Waals surface area contributed by atoms with Crippen molar-refractivity contribution in [3.63, 3.8) is 0 Å². The van der Waals surface area contributed by atoms with Gasteiger partial charge in [-0.15, -0.1) is 0 Å². The molecule has 72 valence electrons. The van der Waals surface area contributed by atoms with Gasteiger partial charge in [-0.2, -0.15) is 0 Å². The van der Waals surface area contributed by atoms with E-state index >= 15 is 0 Å². The maximum Gasteiger partial charge on any atom is 0.161 e. The third-order valence-corrected chi connectivity index (χ3v) is 1.93. The van der Waals surface area contributed by atoms with Crippen LogP contribution in [0.4, 0.5) is 0 Å². The highest BCUT2D eigenvalue weighted by molar-refractivity contribution is 5.43. The molecule has 0 bridgehead atoms. The molecule has 0 heterocycles. The average Bonchev–Trinajstić information content (AvgIpc) is 2.16. The molecule has 3 nitrogen and oxygen atoms in total. The molecule has 0 aliphatic rings. The topological polar surface area (TPSA) is 44.5 Å². The Morgan fingerprint density at radius 2 is 1.77 bits per heavy atom. The number of hydrogen-bond donors (Lipinski definition) is 1. The number of rotatable bonds is 3. The molecule has 0 saturated carbocycles. The van der Waals surface area contributed by atoms with Crippen molar-refractivity contribution in [3.8, 4) is 11.5 Å². The zero-order chi connectivity index (χ0) is 9.84. The van der Waals surface area contributed by atoms with Gasteiger partial charge >= 0.3 is 0 Å². The molecule has 13 heavy (non-hydrogen) atoms. The number of hydrogen-bond acceptors (Lipinski definition) is 3. The van der Waals surface area contributed by atoms with Gasteiger partial charge in [0.15, 0.2) is 11.5 Å². The number of benzene rings is 1. The summed E-state index contributed by atoms with van der Waals surface area (Å²) >= 11 is 0. The lowest BCUT2D eigenvalue weighted by Crippen LogP contribution is -2.05. The Morgan fingerprint density at radius 1 is 1.15 bits per heavy atom. The third-order valence-electron chi connectivity index (χ3n) is 1.93. The molecule has 1 rings (SSSR count). The summed E-state index contributed by atoms with van der Waals surface area (Å²) in [7, 11) is 3.23. The zero-order valence-electron chi connectivity index (χ0n) is 8.20. The van der Waals surface area contributed by atoms with E-state index in [1.165, 1.54) is 0 Å². The average molecular weight is 181 g/mol. The van der Waals surface area contributed by atoms with Crippen LogP contribution >= 0.6 is 0 Å². The summed E-state index contributed by atoms with van der Waals surface area (Å²) in [6.07, 6.45) is 0. The van der Waals surface area contributed by atoms with E-state index in [0.717, 1.165) is 17.1 Å². The van der Waals surface area contributed by atoms with Crippen LogP contribution in [0, 0.1) is 0 Å². The molecule has 0 fully saturated rings. The second-order valence-electron chi connectivity index (χ2n) is 2.90. The quantitative estimate of drug-likeness (QED) is 0.772. The first-order valence-electron chi connectivity index (χ1n) is 4.16. The predicted octanol–water partition coefficient (Wildman–Crippen LogP) is 1.72. The fraction of sp³-hybridized carbons (Fsp3) is 0.400. The van der Waals surface area contributed by atoms with Crippen molar-refractivity contribution in [1.29, 1.82) is 0 Å². The molecule has 0 radical (unpaired) electrons. The van der Waals surface area contributed by atoms with Crippen molar-refractivity contribution in [2.45, 2.75) is 13.0 Å². The highest BCUT2D eigenvalue weighted by atomic mass is 16.5. The van der Waals surface area contributed by atoms with Crippen molar-refractivity contribution in [1.82, 2.24) is 0 Å². The van der Waals surface area contributed by atoms with Crippen LogP contribution in [0.15, 0.2) is 18.2 Å². The first-order chi connectivity index (χ1) is 6.19. The van der Waals surface area contributed by atoms with Gasteiger partial charge in [0.1, 0.15) is 0 Å². The smallest absolute Gasteiger partial charge is 0.161 e. The van der Waals surface area contributed by atoms with E-state index in [0.29, 0.717) is 0 Å². The summed E-state index contributed by atoms with van der Waals surface area (Å²) < 4.78 is 10.3. The number of nitrogens with two attached hydrogens (primary N) is 1. The predicted molar refractivity (Wildman–Crippen MR) is 52.1 cm³/mol. The summed E-state index contributed by atoms with van der Waals surface area (Å²) in [5.41, 5.74) is 6.77. The number of ether oxygens (including phenoxy) is 2. The minimum atomic E-state index is 0.0137. The molecule has 1 aromatic carbocycles. The summed E-state index contributed by atoms with van der Waals surface area (Å²) in [6.45, 7) is 1.93. The lowest BCUT2D eigenvalue weighted by molar-refractivity contribution is 0.354. The summed E-state index contributed by atoms with van der Waals surface area (Å²) in [4.78, 5) is 0. The highest BCUT2D eigenvalue weighted by Crippen LogP contribution is 2.29. The Balaban J connectivity index is 3.05. The van der Waals surface area contributed by atoms with Gasteiger partial charge in [-0.1, -0.05) is 6.07 Å². The number of methoxy groups -OCH3 is 2. The van der Waals surface area contributed by atoms with E-state index < -0.39 is 0 Å². The first-order valence-corrected chi connectivity index (χ1v) is 4.16. The van der Waals surface area contributed by atoms with Gasteiger partial charge in [0.25, 0.3) is 0 Å². The molecule has 0 unspecified atom stereocenters. The van der Waals surface area contributed by atoms with E-state index in [4.69, 9.17) is 15.2 Å². The molecular formula is C10H15NO2. The molecule has 0 aromatic heterocycles. The molecule has 0 saturated heterocycles. The largest absolute Gasteiger partial charge is 0.493 e. The fourth-order valence-corrected chi connectivity index (χ4v) is 1.14. The van der Waals surface area contributed by atoms with Gasteiger partial charge in [-0.25, -0.2) is 0 Å². The van der Waals surface area contributed by atoms with Crippen molar-refractivity contribution in [2.24, 2.45) is 5.73 Å². The van der Waals surface area contributed by atoms with Crippen molar-refractivity contribution < 1.29 is 9.47 Å². The second-order valence-corrected chi connectivity index (χ2v) is 2.90. The van der Waals surface area contributed by atoms with E-state index in [-0.39, 0.29) is 6.04 Å². The fourth-order valence-electron chi connectivity index (χ4n) is 1.14. The van der Waals surface area contributed by atoms with Crippen LogP contribution in [0.5, 0.6) is 11.5 Å². The Morgan fingerprint density at radius 3 is 2.23 bits per heavy atom. The molecule has 3 heteroatoms. The molecule has 0 amide bonds. The van der Waals surface area contributed by atoms with Gasteiger partial charge < -0.3 is 15.2 Å². The minimum Gasteiger partial charge on any atom is -0.493 e. The Hall–Kier alpha value is -1.22. The van der Waals surface area contributed by atoms with Crippen molar-refractivity contribution in [3.05, 3.63) is 23.8 Å². The monoisotopic (exact) mass is 181 g/mol. The second kappa shape index (κ2) is 4.14. The molecule has 0 spiro atoms. The summed E-state index contributed by atoms with van der Waals surface area (Å²) in [5, 5.41) is 0. The third kappa shape index (κ3) is 2.12. The van der Waals surface area contributed by atoms with Crippen LogP contribution in [0.25, 0.3) is 0 Å². The molecule has 2 N–H and O–H groups in total. The maximum absolute atomic E-state index is 5.73. The Kier molecular flexibility index (Phi) is 3.14. The normalized spacial score (nSPS) is 12.3. The summed E-state index contributed by atoms with van der Waals surface area (Å²) in [5.74, 6) is 1.45. The van der Waals surface area contributed by atoms with Crippen LogP contribution in [0.1, 0.15) is 18.5 Å². The first kappa shape index (κ1) is 9.86.